The molecule has 1 aromatic carbocycles. The molecule has 1 unspecified atom stereocenters. The third-order valence-corrected chi connectivity index (χ3v) is 2.33. The number of benzene rings is 1. The quantitative estimate of drug-likeness (QED) is 0.844. The lowest BCUT2D eigenvalue weighted by Gasteiger charge is -2.17. The molecule has 0 aliphatic carbocycles. The van der Waals surface area contributed by atoms with Crippen LogP contribution < -0.4 is 11.1 Å². The van der Waals surface area contributed by atoms with Crippen molar-refractivity contribution in [1.82, 2.24) is 5.32 Å². The molecular formula is C10H12ClF3N2. The summed E-state index contributed by atoms with van der Waals surface area (Å²) in [4.78, 5) is 0. The van der Waals surface area contributed by atoms with Crippen LogP contribution in [0.25, 0.3) is 0 Å². The van der Waals surface area contributed by atoms with Crippen molar-refractivity contribution in [2.45, 2.75) is 12.5 Å². The van der Waals surface area contributed by atoms with E-state index in [4.69, 9.17) is 17.3 Å². The van der Waals surface area contributed by atoms with E-state index in [0.29, 0.717) is 0 Å². The van der Waals surface area contributed by atoms with Crippen molar-refractivity contribution >= 4 is 11.6 Å². The standard InChI is InChI=1S/C10H12ClF3N2/c11-6-1-2-7(8(12)3-6)9(4-15)16-5-10(13)14/h1-3,9-10,16H,4-5,15H2. The second-order valence-corrected chi connectivity index (χ2v) is 3.69. The Hall–Kier alpha value is -0.780. The Balaban J connectivity index is 2.78. The Morgan fingerprint density at radius 1 is 1.38 bits per heavy atom. The van der Waals surface area contributed by atoms with Crippen LogP contribution >= 0.6 is 11.6 Å². The smallest absolute Gasteiger partial charge is 0.250 e. The third-order valence-electron chi connectivity index (χ3n) is 2.09. The van der Waals surface area contributed by atoms with Gasteiger partial charge >= 0.3 is 0 Å². The molecule has 0 aliphatic heterocycles. The fraction of sp³-hybridized carbons (Fsp3) is 0.400. The maximum Gasteiger partial charge on any atom is 0.250 e. The van der Waals surface area contributed by atoms with Crippen molar-refractivity contribution in [3.8, 4) is 0 Å². The average Bonchev–Trinajstić information content (AvgIpc) is 2.21. The first-order valence-electron chi connectivity index (χ1n) is 4.71. The molecule has 0 saturated carbocycles. The highest BCUT2D eigenvalue weighted by atomic mass is 35.5. The summed E-state index contributed by atoms with van der Waals surface area (Å²) in [6.45, 7) is -0.491. The molecule has 0 aliphatic rings. The van der Waals surface area contributed by atoms with Gasteiger partial charge in [-0.3, -0.25) is 0 Å². The van der Waals surface area contributed by atoms with Crippen molar-refractivity contribution < 1.29 is 13.2 Å². The minimum Gasteiger partial charge on any atom is -0.329 e. The molecule has 0 amide bonds. The summed E-state index contributed by atoms with van der Waals surface area (Å²) in [5, 5.41) is 2.74. The Bertz CT molecular complexity index is 347. The molecule has 16 heavy (non-hydrogen) atoms. The van der Waals surface area contributed by atoms with Gasteiger partial charge in [-0.2, -0.15) is 0 Å². The van der Waals surface area contributed by atoms with Gasteiger partial charge in [0, 0.05) is 23.2 Å². The zero-order chi connectivity index (χ0) is 12.1. The predicted octanol–water partition coefficient (Wildman–Crippen LogP) is 2.33. The highest BCUT2D eigenvalue weighted by molar-refractivity contribution is 6.30. The van der Waals surface area contributed by atoms with Crippen molar-refractivity contribution in [2.75, 3.05) is 13.1 Å². The first kappa shape index (κ1) is 13.3. The summed E-state index contributed by atoms with van der Waals surface area (Å²) in [5.74, 6) is -0.551. The second-order valence-electron chi connectivity index (χ2n) is 3.25. The zero-order valence-electron chi connectivity index (χ0n) is 8.39. The third kappa shape index (κ3) is 3.66. The van der Waals surface area contributed by atoms with Crippen molar-refractivity contribution in [3.05, 3.63) is 34.6 Å². The monoisotopic (exact) mass is 252 g/mol. The van der Waals surface area contributed by atoms with E-state index in [-0.39, 0.29) is 17.1 Å². The largest absolute Gasteiger partial charge is 0.329 e. The number of hydrogen-bond acceptors (Lipinski definition) is 2. The van der Waals surface area contributed by atoms with E-state index in [0.717, 1.165) is 6.07 Å². The lowest BCUT2D eigenvalue weighted by atomic mass is 10.1. The van der Waals surface area contributed by atoms with Crippen LogP contribution in [0.3, 0.4) is 0 Å². The van der Waals surface area contributed by atoms with Gasteiger partial charge in [0.2, 0.25) is 0 Å². The highest BCUT2D eigenvalue weighted by Gasteiger charge is 2.15. The molecule has 0 heterocycles. The average molecular weight is 253 g/mol. The minimum absolute atomic E-state index is 0.0330. The first-order chi connectivity index (χ1) is 7.54. The number of rotatable bonds is 5. The van der Waals surface area contributed by atoms with Gasteiger partial charge in [-0.1, -0.05) is 17.7 Å². The number of halogens is 4. The van der Waals surface area contributed by atoms with Crippen LogP contribution in [-0.2, 0) is 0 Å². The van der Waals surface area contributed by atoms with Gasteiger partial charge in [0.05, 0.1) is 6.54 Å². The number of nitrogens with two attached hydrogens (primary N) is 1. The second kappa shape index (κ2) is 6.08. The normalized spacial score (nSPS) is 13.1. The van der Waals surface area contributed by atoms with E-state index in [1.807, 2.05) is 0 Å². The Morgan fingerprint density at radius 3 is 2.56 bits per heavy atom. The molecule has 0 bridgehead atoms. The molecule has 2 nitrogen and oxygen atoms in total. The fourth-order valence-corrected chi connectivity index (χ4v) is 1.49. The van der Waals surface area contributed by atoms with Crippen molar-refractivity contribution in [1.29, 1.82) is 0 Å². The van der Waals surface area contributed by atoms with E-state index in [9.17, 15) is 13.2 Å². The maximum absolute atomic E-state index is 13.4. The molecule has 6 heteroatoms. The fourth-order valence-electron chi connectivity index (χ4n) is 1.34. The molecule has 1 rings (SSSR count). The molecule has 0 saturated heterocycles. The topological polar surface area (TPSA) is 38.0 Å². The SMILES string of the molecule is NCC(NCC(F)F)c1ccc(Cl)cc1F. The maximum atomic E-state index is 13.4. The predicted molar refractivity (Wildman–Crippen MR) is 57.2 cm³/mol. The van der Waals surface area contributed by atoms with Gasteiger partial charge in [-0.15, -0.1) is 0 Å². The summed E-state index contributed by atoms with van der Waals surface area (Å²) in [6.07, 6.45) is -2.50. The molecule has 0 spiro atoms. The van der Waals surface area contributed by atoms with Crippen molar-refractivity contribution in [2.24, 2.45) is 5.73 Å². The first-order valence-corrected chi connectivity index (χ1v) is 5.09. The van der Waals surface area contributed by atoms with Crippen LogP contribution in [0.1, 0.15) is 11.6 Å². The van der Waals surface area contributed by atoms with Gasteiger partial charge in [0.1, 0.15) is 5.82 Å². The molecule has 90 valence electrons. The molecule has 1 aromatic rings. The van der Waals surface area contributed by atoms with Gasteiger partial charge in [0.15, 0.2) is 0 Å². The summed E-state index contributed by atoms with van der Waals surface area (Å²) in [5.41, 5.74) is 5.63. The van der Waals surface area contributed by atoms with E-state index in [2.05, 4.69) is 5.32 Å². The highest BCUT2D eigenvalue weighted by Crippen LogP contribution is 2.20. The summed E-state index contributed by atoms with van der Waals surface area (Å²) < 4.78 is 37.4. The van der Waals surface area contributed by atoms with Crippen LogP contribution in [0.2, 0.25) is 5.02 Å². The van der Waals surface area contributed by atoms with Crippen LogP contribution in [-0.4, -0.2) is 19.5 Å². The lowest BCUT2D eigenvalue weighted by Crippen LogP contribution is -2.32. The number of hydrogen-bond donors (Lipinski definition) is 2. The summed E-state index contributed by atoms with van der Waals surface area (Å²) in [6, 6.07) is 3.43. The van der Waals surface area contributed by atoms with Crippen LogP contribution in [0.4, 0.5) is 13.2 Å². The molecule has 0 radical (unpaired) electrons. The summed E-state index contributed by atoms with van der Waals surface area (Å²) in [7, 11) is 0. The van der Waals surface area contributed by atoms with E-state index >= 15 is 0 Å². The van der Waals surface area contributed by atoms with Crippen LogP contribution in [0.15, 0.2) is 18.2 Å². The van der Waals surface area contributed by atoms with E-state index in [1.165, 1.54) is 12.1 Å². The van der Waals surface area contributed by atoms with Crippen LogP contribution in [0.5, 0.6) is 0 Å². The molecular weight excluding hydrogens is 241 g/mol. The molecule has 3 N–H and O–H groups in total. The van der Waals surface area contributed by atoms with E-state index < -0.39 is 24.8 Å². The molecule has 0 fully saturated rings. The molecule has 0 aromatic heterocycles. The Morgan fingerprint density at radius 2 is 2.06 bits per heavy atom. The van der Waals surface area contributed by atoms with Gasteiger partial charge in [0.25, 0.3) is 6.43 Å². The minimum atomic E-state index is -2.50. The Kier molecular flexibility index (Phi) is 5.05. The van der Waals surface area contributed by atoms with Crippen LogP contribution in [0, 0.1) is 5.82 Å². The molecule has 1 atom stereocenters. The zero-order valence-corrected chi connectivity index (χ0v) is 9.15. The number of alkyl halides is 2. The van der Waals surface area contributed by atoms with Gasteiger partial charge < -0.3 is 11.1 Å². The van der Waals surface area contributed by atoms with Gasteiger partial charge in [-0.05, 0) is 12.1 Å². The summed E-state index contributed by atoms with van der Waals surface area (Å²) >= 11 is 5.58. The number of nitrogens with one attached hydrogen (secondary N) is 1. The van der Waals surface area contributed by atoms with Crippen molar-refractivity contribution in [3.63, 3.8) is 0 Å². The van der Waals surface area contributed by atoms with E-state index in [1.54, 1.807) is 0 Å². The Labute approximate surface area is 96.6 Å². The van der Waals surface area contributed by atoms with Gasteiger partial charge in [-0.25, -0.2) is 13.2 Å². The lowest BCUT2D eigenvalue weighted by molar-refractivity contribution is 0.141.